The number of carbonyl (C=O) groups is 2. The number of carbonyl (C=O) groups excluding carboxylic acids is 2. The number of nitrogens with one attached hydrogen (secondary N) is 4. The number of nitrogens with zero attached hydrogens (tertiary/aromatic N) is 2. The van der Waals surface area contributed by atoms with E-state index in [1.807, 2.05) is 9.82 Å². The Labute approximate surface area is 113 Å². The summed E-state index contributed by atoms with van der Waals surface area (Å²) in [6.45, 7) is 3.26. The first-order chi connectivity index (χ1) is 9.30. The molecular weight excluding hydrogens is 288 g/mol. The lowest BCUT2D eigenvalue weighted by Crippen LogP contribution is -2.18. The second-order valence-corrected chi connectivity index (χ2v) is 4.90. The van der Waals surface area contributed by atoms with Gasteiger partial charge in [-0.15, -0.1) is 6.58 Å². The molecule has 0 aromatic heterocycles. The van der Waals surface area contributed by atoms with E-state index in [0.717, 1.165) is 18.2 Å². The van der Waals surface area contributed by atoms with Gasteiger partial charge in [0.2, 0.25) is 9.82 Å². The standard InChI is InChI=1S/C9H8O4S.2H2N3/c1-2-5-14(12,13)9-6-7(10)3-4-8(9)11;2*1-3-2/h2-4,6H,1,5H2;2*1-2H/q;2*+1. The van der Waals surface area contributed by atoms with Gasteiger partial charge in [-0.25, -0.2) is 8.42 Å². The summed E-state index contributed by atoms with van der Waals surface area (Å²) in [5, 5.41) is 0. The van der Waals surface area contributed by atoms with Crippen LogP contribution < -0.4 is 9.82 Å². The Morgan fingerprint density at radius 1 is 1.10 bits per heavy atom. The predicted molar refractivity (Wildman–Crippen MR) is 66.4 cm³/mol. The molecule has 0 unspecified atom stereocenters. The molecule has 0 radical (unpaired) electrons. The van der Waals surface area contributed by atoms with E-state index in [9.17, 15) is 18.0 Å². The molecule has 11 heteroatoms. The van der Waals surface area contributed by atoms with Crippen LogP contribution in [0, 0.1) is 22.1 Å². The maximum atomic E-state index is 11.4. The Morgan fingerprint density at radius 3 is 1.95 bits per heavy atom. The third-order valence-electron chi connectivity index (χ3n) is 1.59. The van der Waals surface area contributed by atoms with E-state index in [4.69, 9.17) is 22.1 Å². The number of sulfone groups is 1. The van der Waals surface area contributed by atoms with Gasteiger partial charge in [0.25, 0.3) is 0 Å². The first-order valence-electron chi connectivity index (χ1n) is 4.68. The van der Waals surface area contributed by atoms with Crippen molar-refractivity contribution in [2.45, 2.75) is 0 Å². The molecule has 0 aromatic rings. The fourth-order valence-electron chi connectivity index (χ4n) is 0.976. The van der Waals surface area contributed by atoms with E-state index in [-0.39, 0.29) is 5.75 Å². The highest BCUT2D eigenvalue weighted by molar-refractivity contribution is 7.96. The van der Waals surface area contributed by atoms with Crippen LogP contribution in [0.25, 0.3) is 0 Å². The highest BCUT2D eigenvalue weighted by Gasteiger charge is 2.25. The van der Waals surface area contributed by atoms with E-state index < -0.39 is 26.3 Å². The van der Waals surface area contributed by atoms with E-state index in [1.165, 1.54) is 6.08 Å². The highest BCUT2D eigenvalue weighted by atomic mass is 32.2. The van der Waals surface area contributed by atoms with Crippen molar-refractivity contribution < 1.29 is 18.0 Å². The van der Waals surface area contributed by atoms with Crippen molar-refractivity contribution in [1.82, 2.24) is 9.82 Å². The van der Waals surface area contributed by atoms with Gasteiger partial charge in [-0.3, -0.25) is 9.59 Å². The SMILES string of the molecule is C=CCS(=O)(=O)C1=CC(=O)C=CC1=O.N=[N+]=N.N=[N+]=N. The molecule has 20 heavy (non-hydrogen) atoms. The Balaban J connectivity index is 0. The van der Waals surface area contributed by atoms with Gasteiger partial charge in [-0.1, -0.05) is 6.08 Å². The van der Waals surface area contributed by atoms with Crippen LogP contribution in [0.15, 0.2) is 35.8 Å². The van der Waals surface area contributed by atoms with Gasteiger partial charge in [-0.2, -0.15) is 0 Å². The van der Waals surface area contributed by atoms with Gasteiger partial charge in [0.15, 0.2) is 21.4 Å². The van der Waals surface area contributed by atoms with E-state index >= 15 is 0 Å². The zero-order chi connectivity index (χ0) is 16.2. The second kappa shape index (κ2) is 10.1. The van der Waals surface area contributed by atoms with Crippen LogP contribution in [0.2, 0.25) is 0 Å². The first kappa shape index (κ1) is 19.5. The number of hydrogen-bond donors (Lipinski definition) is 4. The Morgan fingerprint density at radius 2 is 1.55 bits per heavy atom. The van der Waals surface area contributed by atoms with Crippen molar-refractivity contribution in [2.24, 2.45) is 0 Å². The molecule has 106 valence electrons. The van der Waals surface area contributed by atoms with Crippen LogP contribution >= 0.6 is 0 Å². The van der Waals surface area contributed by atoms with Crippen molar-refractivity contribution in [3.8, 4) is 0 Å². The van der Waals surface area contributed by atoms with E-state index in [1.54, 1.807) is 0 Å². The topological polar surface area (TPSA) is 192 Å². The highest BCUT2D eigenvalue weighted by Crippen LogP contribution is 2.13. The zero-order valence-corrected chi connectivity index (χ0v) is 11.0. The van der Waals surface area contributed by atoms with Crippen molar-refractivity contribution in [2.75, 3.05) is 5.75 Å². The Hall–Kier alpha value is -2.87. The quantitative estimate of drug-likeness (QED) is 0.254. The second-order valence-electron chi connectivity index (χ2n) is 2.90. The summed E-state index contributed by atoms with van der Waals surface area (Å²) in [4.78, 5) is 25.6. The average molecular weight is 300 g/mol. The maximum absolute atomic E-state index is 11.4. The molecule has 0 aromatic carbocycles. The minimum Gasteiger partial charge on any atom is -0.290 e. The number of rotatable bonds is 3. The van der Waals surface area contributed by atoms with Crippen molar-refractivity contribution in [1.29, 1.82) is 22.1 Å². The van der Waals surface area contributed by atoms with Gasteiger partial charge < -0.3 is 0 Å². The summed E-state index contributed by atoms with van der Waals surface area (Å²) in [7, 11) is -3.69. The normalized spacial score (nSPS) is 12.5. The molecule has 0 bridgehead atoms. The summed E-state index contributed by atoms with van der Waals surface area (Å²) in [5.41, 5.74) is 22.0. The van der Waals surface area contributed by atoms with Crippen LogP contribution in [0.5, 0.6) is 0 Å². The monoisotopic (exact) mass is 300 g/mol. The first-order valence-corrected chi connectivity index (χ1v) is 6.34. The van der Waals surface area contributed by atoms with Crippen LogP contribution in [-0.4, -0.2) is 25.7 Å². The summed E-state index contributed by atoms with van der Waals surface area (Å²) in [5.74, 6) is -1.50. The van der Waals surface area contributed by atoms with Gasteiger partial charge in [0.05, 0.1) is 5.75 Å². The Bertz CT molecular complexity index is 607. The summed E-state index contributed by atoms with van der Waals surface area (Å²) >= 11 is 0. The van der Waals surface area contributed by atoms with Gasteiger partial charge >= 0.3 is 0 Å². The summed E-state index contributed by atoms with van der Waals surface area (Å²) in [6.07, 6.45) is 4.00. The molecule has 0 saturated heterocycles. The molecule has 1 aliphatic rings. The molecule has 0 atom stereocenters. The lowest BCUT2D eigenvalue weighted by Gasteiger charge is -2.05. The molecule has 0 fully saturated rings. The Kier molecular flexibility index (Phi) is 9.82. The van der Waals surface area contributed by atoms with E-state index in [0.29, 0.717) is 0 Å². The molecule has 0 heterocycles. The summed E-state index contributed by atoms with van der Waals surface area (Å²) in [6, 6.07) is 0. The van der Waals surface area contributed by atoms with Crippen molar-refractivity contribution >= 4 is 21.4 Å². The largest absolute Gasteiger partial charge is 0.290 e. The molecule has 0 amide bonds. The molecule has 4 N–H and O–H groups in total. The number of hydrogen-bond acceptors (Lipinski definition) is 8. The lowest BCUT2D eigenvalue weighted by molar-refractivity contribution is -0.114. The molecular formula is C9H12N6O4S+2. The smallest absolute Gasteiger partial charge is 0.211 e. The molecule has 0 aliphatic heterocycles. The van der Waals surface area contributed by atoms with Gasteiger partial charge in [0.1, 0.15) is 27.0 Å². The maximum Gasteiger partial charge on any atom is 0.211 e. The predicted octanol–water partition coefficient (Wildman–Crippen LogP) is 0.410. The van der Waals surface area contributed by atoms with Crippen LogP contribution in [-0.2, 0) is 19.4 Å². The number of ketones is 2. The lowest BCUT2D eigenvalue weighted by atomic mass is 10.2. The van der Waals surface area contributed by atoms with Crippen molar-refractivity contribution in [3.63, 3.8) is 0 Å². The summed E-state index contributed by atoms with van der Waals surface area (Å²) < 4.78 is 22.8. The minimum atomic E-state index is -3.69. The molecule has 10 nitrogen and oxygen atoms in total. The molecule has 1 rings (SSSR count). The molecule has 1 aliphatic carbocycles. The average Bonchev–Trinajstić information content (AvgIpc) is 2.34. The number of allylic oxidation sites excluding steroid dienone is 4. The zero-order valence-electron chi connectivity index (χ0n) is 10.2. The third kappa shape index (κ3) is 7.45. The minimum absolute atomic E-state index is 0.342. The fourth-order valence-corrected chi connectivity index (χ4v) is 2.14. The van der Waals surface area contributed by atoms with Gasteiger partial charge in [0, 0.05) is 6.08 Å². The molecule has 0 spiro atoms. The van der Waals surface area contributed by atoms with E-state index in [2.05, 4.69) is 6.58 Å². The van der Waals surface area contributed by atoms with Crippen LogP contribution in [0.4, 0.5) is 0 Å². The third-order valence-corrected chi connectivity index (χ3v) is 3.25. The van der Waals surface area contributed by atoms with Crippen molar-refractivity contribution in [3.05, 3.63) is 35.8 Å². The van der Waals surface area contributed by atoms with Crippen LogP contribution in [0.3, 0.4) is 0 Å². The fraction of sp³-hybridized carbons (Fsp3) is 0.111. The molecule has 0 saturated carbocycles. The van der Waals surface area contributed by atoms with Crippen LogP contribution in [0.1, 0.15) is 0 Å². The van der Waals surface area contributed by atoms with Gasteiger partial charge in [-0.05, 0) is 12.2 Å².